The third kappa shape index (κ3) is 14.1. The normalized spacial score (nSPS) is 13.9. The van der Waals surface area contributed by atoms with E-state index in [-0.39, 0.29) is 13.0 Å². The number of aliphatic hydroxyl groups is 1. The number of ether oxygens (including phenoxy) is 1. The van der Waals surface area contributed by atoms with E-state index in [1.807, 2.05) is 0 Å². The quantitative estimate of drug-likeness (QED) is 0.670. The number of carbonyl (C=O) groups excluding carboxylic acids is 1. The zero-order valence-corrected chi connectivity index (χ0v) is 13.4. The number of hydrogen-bond donors (Lipinski definition) is 2. The van der Waals surface area contributed by atoms with Crippen molar-refractivity contribution in [3.05, 3.63) is 0 Å². The van der Waals surface area contributed by atoms with Crippen LogP contribution in [0.3, 0.4) is 0 Å². The van der Waals surface area contributed by atoms with Gasteiger partial charge < -0.3 is 15.2 Å². The number of nitrogens with one attached hydrogen (secondary N) is 1. The molecule has 1 unspecified atom stereocenters. The molecule has 0 aliphatic heterocycles. The standard InChI is InChI=1S/C13H24F3NO3S/c1-12(2,3)20-11(19)17-10(4-6-13(14,15)16)5-8-21-9-7-18/h10,18H,4-9H2,1-3H3,(H,17,19). The summed E-state index contributed by atoms with van der Waals surface area (Å²) in [6.45, 7) is 5.09. The predicted octanol–water partition coefficient (Wildman–Crippen LogP) is 3.34. The van der Waals surface area contributed by atoms with Gasteiger partial charge in [-0.1, -0.05) is 0 Å². The van der Waals surface area contributed by atoms with E-state index in [1.165, 1.54) is 11.8 Å². The van der Waals surface area contributed by atoms with Crippen LogP contribution in [0, 0.1) is 0 Å². The Morgan fingerprint density at radius 3 is 2.33 bits per heavy atom. The van der Waals surface area contributed by atoms with Crippen LogP contribution in [0.2, 0.25) is 0 Å². The van der Waals surface area contributed by atoms with Crippen molar-refractivity contribution in [1.29, 1.82) is 0 Å². The Balaban J connectivity index is 4.32. The van der Waals surface area contributed by atoms with Crippen LogP contribution in [0.15, 0.2) is 0 Å². The second kappa shape index (κ2) is 9.40. The smallest absolute Gasteiger partial charge is 0.407 e. The van der Waals surface area contributed by atoms with Crippen molar-refractivity contribution in [2.75, 3.05) is 18.1 Å². The highest BCUT2D eigenvalue weighted by Crippen LogP contribution is 2.23. The second-order valence-electron chi connectivity index (χ2n) is 5.62. The van der Waals surface area contributed by atoms with Crippen molar-refractivity contribution in [2.24, 2.45) is 0 Å². The Hall–Kier alpha value is -0.630. The van der Waals surface area contributed by atoms with Crippen LogP contribution in [0.1, 0.15) is 40.0 Å². The summed E-state index contributed by atoms with van der Waals surface area (Å²) in [4.78, 5) is 11.6. The molecule has 1 amide bonds. The molecule has 126 valence electrons. The third-order valence-corrected chi connectivity index (χ3v) is 3.34. The van der Waals surface area contributed by atoms with Crippen molar-refractivity contribution < 1.29 is 27.8 Å². The van der Waals surface area contributed by atoms with E-state index in [0.29, 0.717) is 17.9 Å². The molecule has 0 saturated heterocycles. The molecule has 0 heterocycles. The van der Waals surface area contributed by atoms with Gasteiger partial charge in [0.25, 0.3) is 0 Å². The minimum Gasteiger partial charge on any atom is -0.444 e. The number of thioether (sulfide) groups is 1. The van der Waals surface area contributed by atoms with Gasteiger partial charge in [0.15, 0.2) is 0 Å². The maximum atomic E-state index is 12.3. The fourth-order valence-electron chi connectivity index (χ4n) is 1.49. The Morgan fingerprint density at radius 2 is 1.86 bits per heavy atom. The van der Waals surface area contributed by atoms with Gasteiger partial charge in [0, 0.05) is 18.2 Å². The number of amides is 1. The van der Waals surface area contributed by atoms with Gasteiger partial charge in [-0.15, -0.1) is 0 Å². The summed E-state index contributed by atoms with van der Waals surface area (Å²) in [5.74, 6) is 1.09. The number of halogens is 3. The summed E-state index contributed by atoms with van der Waals surface area (Å²) in [5.41, 5.74) is -0.690. The van der Waals surface area contributed by atoms with Gasteiger partial charge in [0.2, 0.25) is 0 Å². The molecule has 0 radical (unpaired) electrons. The first-order chi connectivity index (χ1) is 9.53. The maximum absolute atomic E-state index is 12.3. The summed E-state index contributed by atoms with van der Waals surface area (Å²) in [7, 11) is 0. The molecule has 0 rings (SSSR count). The van der Waals surface area contributed by atoms with Crippen molar-refractivity contribution in [3.63, 3.8) is 0 Å². The Bertz CT molecular complexity index is 306. The highest BCUT2D eigenvalue weighted by molar-refractivity contribution is 7.99. The molecule has 0 aliphatic carbocycles. The summed E-state index contributed by atoms with van der Waals surface area (Å²) in [6.07, 6.45) is -5.67. The average molecular weight is 331 g/mol. The fraction of sp³-hybridized carbons (Fsp3) is 0.923. The molecule has 0 fully saturated rings. The lowest BCUT2D eigenvalue weighted by Gasteiger charge is -2.24. The van der Waals surface area contributed by atoms with Gasteiger partial charge in [-0.2, -0.15) is 24.9 Å². The van der Waals surface area contributed by atoms with Crippen LogP contribution in [-0.2, 0) is 4.74 Å². The molecule has 0 saturated carbocycles. The SMILES string of the molecule is CC(C)(C)OC(=O)NC(CCSCCO)CCC(F)(F)F. The van der Waals surface area contributed by atoms with E-state index in [1.54, 1.807) is 20.8 Å². The minimum atomic E-state index is -4.24. The van der Waals surface area contributed by atoms with Crippen LogP contribution >= 0.6 is 11.8 Å². The largest absolute Gasteiger partial charge is 0.444 e. The summed E-state index contributed by atoms with van der Waals surface area (Å²) in [5, 5.41) is 11.1. The van der Waals surface area contributed by atoms with Gasteiger partial charge in [-0.3, -0.25) is 0 Å². The van der Waals surface area contributed by atoms with E-state index < -0.39 is 30.3 Å². The highest BCUT2D eigenvalue weighted by Gasteiger charge is 2.29. The van der Waals surface area contributed by atoms with Crippen molar-refractivity contribution in [1.82, 2.24) is 5.32 Å². The van der Waals surface area contributed by atoms with Gasteiger partial charge in [0.1, 0.15) is 5.60 Å². The zero-order chi connectivity index (χ0) is 16.5. The molecule has 0 aromatic rings. The first-order valence-electron chi connectivity index (χ1n) is 6.78. The first kappa shape index (κ1) is 20.4. The van der Waals surface area contributed by atoms with Crippen molar-refractivity contribution >= 4 is 17.9 Å². The van der Waals surface area contributed by atoms with E-state index >= 15 is 0 Å². The number of alkyl carbamates (subject to hydrolysis) is 1. The lowest BCUT2D eigenvalue weighted by atomic mass is 10.1. The number of carbonyl (C=O) groups is 1. The summed E-state index contributed by atoms with van der Waals surface area (Å²) < 4.78 is 41.9. The van der Waals surface area contributed by atoms with Crippen LogP contribution < -0.4 is 5.32 Å². The van der Waals surface area contributed by atoms with Crippen LogP contribution in [0.25, 0.3) is 0 Å². The molecule has 1 atom stereocenters. The number of alkyl halides is 3. The third-order valence-electron chi connectivity index (χ3n) is 2.34. The molecule has 8 heteroatoms. The Morgan fingerprint density at radius 1 is 1.24 bits per heavy atom. The lowest BCUT2D eigenvalue weighted by Crippen LogP contribution is -2.40. The van der Waals surface area contributed by atoms with Gasteiger partial charge in [0.05, 0.1) is 6.61 Å². The molecule has 2 N–H and O–H groups in total. The Kier molecular flexibility index (Phi) is 9.12. The zero-order valence-electron chi connectivity index (χ0n) is 12.6. The van der Waals surface area contributed by atoms with Crippen molar-refractivity contribution in [3.8, 4) is 0 Å². The highest BCUT2D eigenvalue weighted by atomic mass is 32.2. The molecular formula is C13H24F3NO3S. The van der Waals surface area contributed by atoms with E-state index in [9.17, 15) is 18.0 Å². The number of aliphatic hydroxyl groups excluding tert-OH is 1. The number of rotatable bonds is 8. The molecular weight excluding hydrogens is 307 g/mol. The molecule has 21 heavy (non-hydrogen) atoms. The molecule has 0 bridgehead atoms. The fourth-order valence-corrected chi connectivity index (χ4v) is 2.28. The molecule has 0 aliphatic rings. The molecule has 0 spiro atoms. The average Bonchev–Trinajstić information content (AvgIpc) is 2.27. The van der Waals surface area contributed by atoms with Crippen LogP contribution in [0.5, 0.6) is 0 Å². The summed E-state index contributed by atoms with van der Waals surface area (Å²) >= 11 is 1.43. The molecule has 4 nitrogen and oxygen atoms in total. The monoisotopic (exact) mass is 331 g/mol. The minimum absolute atomic E-state index is 0.0252. The van der Waals surface area contributed by atoms with Crippen molar-refractivity contribution in [2.45, 2.75) is 57.9 Å². The van der Waals surface area contributed by atoms with Gasteiger partial charge in [-0.05, 0) is 39.4 Å². The molecule has 0 aromatic carbocycles. The predicted molar refractivity (Wildman–Crippen MR) is 77.5 cm³/mol. The van der Waals surface area contributed by atoms with Crippen LogP contribution in [-0.4, -0.2) is 47.1 Å². The van der Waals surface area contributed by atoms with E-state index in [2.05, 4.69) is 5.32 Å². The lowest BCUT2D eigenvalue weighted by molar-refractivity contribution is -0.136. The van der Waals surface area contributed by atoms with Gasteiger partial charge >= 0.3 is 12.3 Å². The summed E-state index contributed by atoms with van der Waals surface area (Å²) in [6, 6.07) is -0.590. The molecule has 0 aromatic heterocycles. The van der Waals surface area contributed by atoms with E-state index in [4.69, 9.17) is 9.84 Å². The first-order valence-corrected chi connectivity index (χ1v) is 7.94. The van der Waals surface area contributed by atoms with Gasteiger partial charge in [-0.25, -0.2) is 4.79 Å². The van der Waals surface area contributed by atoms with Crippen LogP contribution in [0.4, 0.5) is 18.0 Å². The maximum Gasteiger partial charge on any atom is 0.407 e. The Labute approximate surface area is 127 Å². The second-order valence-corrected chi connectivity index (χ2v) is 6.85. The number of hydrogen-bond acceptors (Lipinski definition) is 4. The topological polar surface area (TPSA) is 58.6 Å². The van der Waals surface area contributed by atoms with E-state index in [0.717, 1.165) is 0 Å².